The first kappa shape index (κ1) is 25.1. The zero-order chi connectivity index (χ0) is 25.0. The van der Waals surface area contributed by atoms with Crippen molar-refractivity contribution in [3.05, 3.63) is 59.7 Å². The highest BCUT2D eigenvalue weighted by Crippen LogP contribution is 2.44. The van der Waals surface area contributed by atoms with Crippen LogP contribution in [0, 0.1) is 11.8 Å². The number of carboxylic acid groups (broad SMARTS) is 1. The molecule has 0 heterocycles. The highest BCUT2D eigenvalue weighted by molar-refractivity contribution is 5.81. The number of ether oxygens (including phenoxy) is 1. The highest BCUT2D eigenvalue weighted by Gasteiger charge is 2.46. The summed E-state index contributed by atoms with van der Waals surface area (Å²) >= 11 is 0. The summed E-state index contributed by atoms with van der Waals surface area (Å²) in [6.07, 6.45) is -6.01. The van der Waals surface area contributed by atoms with Crippen LogP contribution in [0.5, 0.6) is 0 Å². The summed E-state index contributed by atoms with van der Waals surface area (Å²) in [7, 11) is 1.09. The maximum atomic E-state index is 13.5. The Morgan fingerprint density at radius 3 is 2.09 bits per heavy atom. The minimum Gasteiger partial charge on any atom is -0.481 e. The van der Waals surface area contributed by atoms with Gasteiger partial charge in [-0.25, -0.2) is 4.79 Å². The van der Waals surface area contributed by atoms with Crippen molar-refractivity contribution < 1.29 is 37.4 Å². The van der Waals surface area contributed by atoms with E-state index >= 15 is 0 Å². The molecule has 0 saturated carbocycles. The average molecular weight is 478 g/mol. The molecule has 3 rings (SSSR count). The van der Waals surface area contributed by atoms with E-state index in [4.69, 9.17) is 9.84 Å². The van der Waals surface area contributed by atoms with Gasteiger partial charge in [0, 0.05) is 26.1 Å². The molecule has 0 spiro atoms. The molecule has 0 aromatic heterocycles. The number of amides is 2. The lowest BCUT2D eigenvalue weighted by Crippen LogP contribution is -2.48. The van der Waals surface area contributed by atoms with Crippen molar-refractivity contribution >= 4 is 18.0 Å². The fourth-order valence-corrected chi connectivity index (χ4v) is 4.02. The summed E-state index contributed by atoms with van der Waals surface area (Å²) in [5.41, 5.74) is 3.92. The molecule has 0 aliphatic heterocycles. The zero-order valence-electron chi connectivity index (χ0n) is 18.6. The monoisotopic (exact) mass is 478 g/mol. The van der Waals surface area contributed by atoms with Crippen LogP contribution < -0.4 is 5.32 Å². The average Bonchev–Trinajstić information content (AvgIpc) is 3.10. The van der Waals surface area contributed by atoms with Gasteiger partial charge in [0.25, 0.3) is 0 Å². The summed E-state index contributed by atoms with van der Waals surface area (Å²) in [6, 6.07) is 15.2. The smallest absolute Gasteiger partial charge is 0.407 e. The fraction of sp³-hybridized carbons (Fsp3) is 0.375. The predicted octanol–water partition coefficient (Wildman–Crippen LogP) is 3.88. The Kier molecular flexibility index (Phi) is 7.48. The van der Waals surface area contributed by atoms with Gasteiger partial charge in [-0.15, -0.1) is 0 Å². The third-order valence-corrected chi connectivity index (χ3v) is 5.83. The first-order valence-electron chi connectivity index (χ1n) is 10.6. The Morgan fingerprint density at radius 1 is 1.06 bits per heavy atom. The number of fused-ring (bicyclic) bond motifs is 3. The number of hydrogen-bond acceptors (Lipinski definition) is 4. The van der Waals surface area contributed by atoms with Crippen molar-refractivity contribution in [1.29, 1.82) is 0 Å². The fourth-order valence-electron chi connectivity index (χ4n) is 4.02. The highest BCUT2D eigenvalue weighted by atomic mass is 19.4. The van der Waals surface area contributed by atoms with Gasteiger partial charge in [-0.3, -0.25) is 9.59 Å². The van der Waals surface area contributed by atoms with Crippen molar-refractivity contribution in [2.75, 3.05) is 26.7 Å². The van der Waals surface area contributed by atoms with Gasteiger partial charge in [0.2, 0.25) is 5.91 Å². The third kappa shape index (κ3) is 5.49. The van der Waals surface area contributed by atoms with Crippen molar-refractivity contribution in [3.63, 3.8) is 0 Å². The lowest BCUT2D eigenvalue weighted by molar-refractivity contribution is -0.187. The summed E-state index contributed by atoms with van der Waals surface area (Å²) in [4.78, 5) is 36.2. The van der Waals surface area contributed by atoms with Gasteiger partial charge in [-0.1, -0.05) is 55.5 Å². The third-order valence-electron chi connectivity index (χ3n) is 5.83. The first-order chi connectivity index (χ1) is 16.0. The van der Waals surface area contributed by atoms with Crippen molar-refractivity contribution in [2.45, 2.75) is 19.0 Å². The van der Waals surface area contributed by atoms with Gasteiger partial charge in [-0.05, 0) is 22.3 Å². The molecule has 10 heteroatoms. The van der Waals surface area contributed by atoms with Crippen LogP contribution in [0.3, 0.4) is 0 Å². The SMILES string of the molecule is CC(CN(C)C(=O)C(CNC(=O)OCC1c2ccccc2-c2ccccc21)C(F)(F)F)C(=O)O. The number of carbonyl (C=O) groups excluding carboxylic acids is 2. The Balaban J connectivity index is 1.62. The quantitative estimate of drug-likeness (QED) is 0.600. The number of alkyl carbamates (subject to hydrolysis) is 1. The molecule has 0 fully saturated rings. The number of halogens is 3. The molecule has 0 radical (unpaired) electrons. The van der Waals surface area contributed by atoms with Crippen LogP contribution in [0.1, 0.15) is 24.0 Å². The van der Waals surface area contributed by atoms with E-state index in [1.807, 2.05) is 53.8 Å². The maximum absolute atomic E-state index is 13.5. The second-order valence-corrected chi connectivity index (χ2v) is 8.26. The van der Waals surface area contributed by atoms with Crippen LogP contribution in [-0.4, -0.2) is 60.9 Å². The zero-order valence-corrected chi connectivity index (χ0v) is 18.6. The second kappa shape index (κ2) is 10.1. The molecule has 7 nitrogen and oxygen atoms in total. The van der Waals surface area contributed by atoms with Crippen LogP contribution in [0.15, 0.2) is 48.5 Å². The molecule has 34 heavy (non-hydrogen) atoms. The Labute approximate surface area is 194 Å². The van der Waals surface area contributed by atoms with Crippen LogP contribution in [-0.2, 0) is 14.3 Å². The number of carboxylic acids is 1. The van der Waals surface area contributed by atoms with E-state index in [-0.39, 0.29) is 12.5 Å². The van der Waals surface area contributed by atoms with E-state index in [0.29, 0.717) is 4.90 Å². The summed E-state index contributed by atoms with van der Waals surface area (Å²) in [6.45, 7) is -0.222. The summed E-state index contributed by atoms with van der Waals surface area (Å²) in [5, 5.41) is 11.0. The van der Waals surface area contributed by atoms with Crippen LogP contribution >= 0.6 is 0 Å². The second-order valence-electron chi connectivity index (χ2n) is 8.26. The minimum absolute atomic E-state index is 0.0828. The molecule has 1 aliphatic carbocycles. The molecular weight excluding hydrogens is 453 g/mol. The molecule has 0 saturated heterocycles. The number of alkyl halides is 3. The predicted molar refractivity (Wildman–Crippen MR) is 117 cm³/mol. The normalized spacial score (nSPS) is 14.5. The summed E-state index contributed by atoms with van der Waals surface area (Å²) < 4.78 is 45.7. The Bertz CT molecular complexity index is 1030. The molecule has 2 unspecified atom stereocenters. The molecule has 2 aromatic carbocycles. The van der Waals surface area contributed by atoms with E-state index < -0.39 is 49.1 Å². The van der Waals surface area contributed by atoms with Crippen LogP contribution in [0.25, 0.3) is 11.1 Å². The van der Waals surface area contributed by atoms with Gasteiger partial charge in [0.1, 0.15) is 6.61 Å². The number of hydrogen-bond donors (Lipinski definition) is 2. The molecule has 2 amide bonds. The van der Waals surface area contributed by atoms with Crippen molar-refractivity contribution in [3.8, 4) is 11.1 Å². The first-order valence-corrected chi connectivity index (χ1v) is 10.6. The number of nitrogens with one attached hydrogen (secondary N) is 1. The maximum Gasteiger partial charge on any atom is 0.407 e. The lowest BCUT2D eigenvalue weighted by atomic mass is 9.98. The topological polar surface area (TPSA) is 95.9 Å². The van der Waals surface area contributed by atoms with E-state index in [1.165, 1.54) is 6.92 Å². The van der Waals surface area contributed by atoms with Gasteiger partial charge in [0.15, 0.2) is 5.92 Å². The number of carbonyl (C=O) groups is 3. The Morgan fingerprint density at radius 2 is 1.59 bits per heavy atom. The molecule has 2 atom stereocenters. The molecule has 182 valence electrons. The van der Waals surface area contributed by atoms with Gasteiger partial charge >= 0.3 is 18.2 Å². The molecule has 0 bridgehead atoms. The molecular formula is C24H25F3N2O5. The van der Waals surface area contributed by atoms with Gasteiger partial charge < -0.3 is 20.1 Å². The molecule has 2 N–H and O–H groups in total. The summed E-state index contributed by atoms with van der Waals surface area (Å²) in [5.74, 6) is -6.40. The number of nitrogens with zero attached hydrogens (tertiary/aromatic N) is 1. The number of rotatable bonds is 8. The van der Waals surface area contributed by atoms with Gasteiger partial charge in [0.05, 0.1) is 5.92 Å². The standard InChI is InChI=1S/C24H25F3N2O5/c1-14(22(31)32)12-29(2)21(30)20(24(25,26)27)11-28-23(33)34-13-19-17-9-5-3-7-15(17)16-8-4-6-10-18(16)19/h3-10,14,19-20H,11-13H2,1-2H3,(H,28,33)(H,31,32). The largest absolute Gasteiger partial charge is 0.481 e. The van der Waals surface area contributed by atoms with E-state index in [2.05, 4.69) is 0 Å². The van der Waals surface area contributed by atoms with Crippen molar-refractivity contribution in [1.82, 2.24) is 10.2 Å². The minimum atomic E-state index is -4.94. The van der Waals surface area contributed by atoms with Crippen molar-refractivity contribution in [2.24, 2.45) is 11.8 Å². The molecule has 1 aliphatic rings. The van der Waals surface area contributed by atoms with E-state index in [9.17, 15) is 27.6 Å². The Hall–Kier alpha value is -3.56. The van der Waals surface area contributed by atoms with Crippen LogP contribution in [0.4, 0.5) is 18.0 Å². The lowest BCUT2D eigenvalue weighted by Gasteiger charge is -2.26. The number of benzene rings is 2. The number of aliphatic carboxylic acids is 1. The molecule has 2 aromatic rings. The van der Waals surface area contributed by atoms with Gasteiger partial charge in [-0.2, -0.15) is 13.2 Å². The van der Waals surface area contributed by atoms with E-state index in [0.717, 1.165) is 29.3 Å². The van der Waals surface area contributed by atoms with E-state index in [1.54, 1.807) is 0 Å². The van der Waals surface area contributed by atoms with Crippen LogP contribution in [0.2, 0.25) is 0 Å².